The Balaban J connectivity index is 2.40. The van der Waals surface area contributed by atoms with Crippen molar-refractivity contribution in [2.24, 2.45) is 5.73 Å². The van der Waals surface area contributed by atoms with Crippen LogP contribution in [0.15, 0.2) is 28.8 Å². The smallest absolute Gasteiger partial charge is 0.273 e. The van der Waals surface area contributed by atoms with Crippen LogP contribution in [-0.4, -0.2) is 23.6 Å². The van der Waals surface area contributed by atoms with Gasteiger partial charge in [-0.3, -0.25) is 10.1 Å². The van der Waals surface area contributed by atoms with Crippen LogP contribution in [0, 0.1) is 10.1 Å². The summed E-state index contributed by atoms with van der Waals surface area (Å²) in [5.74, 6) is 1.39. The van der Waals surface area contributed by atoms with Gasteiger partial charge in [-0.25, -0.2) is 4.98 Å². The lowest BCUT2D eigenvalue weighted by atomic mass is 10.1. The summed E-state index contributed by atoms with van der Waals surface area (Å²) < 4.78 is 10.7. The molecule has 1 aromatic heterocycles. The first-order chi connectivity index (χ1) is 9.15. The van der Waals surface area contributed by atoms with Gasteiger partial charge in [-0.1, -0.05) is 0 Å². The molecular weight excluding hydrogens is 250 g/mol. The summed E-state index contributed by atoms with van der Waals surface area (Å²) >= 11 is 0. The molecule has 7 nitrogen and oxygen atoms in total. The van der Waals surface area contributed by atoms with Gasteiger partial charge in [0.1, 0.15) is 5.75 Å². The van der Waals surface area contributed by atoms with Gasteiger partial charge in [-0.05, 0) is 6.07 Å². The molecule has 100 valence electrons. The molecular formula is C12H13N3O4. The van der Waals surface area contributed by atoms with Gasteiger partial charge in [0.2, 0.25) is 0 Å². The number of hydrogen-bond donors (Lipinski definition) is 1. The number of ether oxygens (including phenoxy) is 1. The van der Waals surface area contributed by atoms with Gasteiger partial charge in [0, 0.05) is 19.0 Å². The van der Waals surface area contributed by atoms with Crippen LogP contribution >= 0.6 is 0 Å². The van der Waals surface area contributed by atoms with Gasteiger partial charge in [-0.2, -0.15) is 0 Å². The molecule has 0 saturated heterocycles. The molecule has 0 amide bonds. The van der Waals surface area contributed by atoms with Gasteiger partial charge in [0.25, 0.3) is 5.69 Å². The number of oxazole rings is 1. The fourth-order valence-electron chi connectivity index (χ4n) is 1.67. The zero-order valence-corrected chi connectivity index (χ0v) is 10.3. The van der Waals surface area contributed by atoms with Crippen LogP contribution in [0.25, 0.3) is 11.3 Å². The number of nitrogens with zero attached hydrogens (tertiary/aromatic N) is 2. The van der Waals surface area contributed by atoms with Crippen molar-refractivity contribution >= 4 is 5.69 Å². The Kier molecular flexibility index (Phi) is 3.76. The summed E-state index contributed by atoms with van der Waals surface area (Å²) in [6.45, 7) is 0.442. The second-order valence-electron chi connectivity index (χ2n) is 3.80. The topological polar surface area (TPSA) is 104 Å². The molecule has 0 radical (unpaired) electrons. The third-order valence-electron chi connectivity index (χ3n) is 2.57. The standard InChI is InChI=1S/C12H13N3O4/c1-18-10-6-8(15(16)17)2-3-9(10)11-7-14-12(19-11)4-5-13/h2-3,6-7H,4-5,13H2,1H3. The number of hydrogen-bond acceptors (Lipinski definition) is 6. The minimum atomic E-state index is -0.480. The maximum atomic E-state index is 10.7. The van der Waals surface area contributed by atoms with E-state index in [-0.39, 0.29) is 5.69 Å². The zero-order chi connectivity index (χ0) is 13.8. The molecule has 2 N–H and O–H groups in total. The molecule has 0 aliphatic carbocycles. The third-order valence-corrected chi connectivity index (χ3v) is 2.57. The van der Waals surface area contributed by atoms with Crippen LogP contribution in [0.5, 0.6) is 5.75 Å². The van der Waals surface area contributed by atoms with Crippen LogP contribution in [0.3, 0.4) is 0 Å². The summed E-state index contributed by atoms with van der Waals surface area (Å²) in [6.07, 6.45) is 2.09. The summed E-state index contributed by atoms with van der Waals surface area (Å²) in [4.78, 5) is 14.3. The zero-order valence-electron chi connectivity index (χ0n) is 10.3. The lowest BCUT2D eigenvalue weighted by molar-refractivity contribution is -0.384. The SMILES string of the molecule is COc1cc([N+](=O)[O-])ccc1-c1cnc(CCN)o1. The molecule has 0 bridgehead atoms. The fourth-order valence-corrected chi connectivity index (χ4v) is 1.67. The lowest BCUT2D eigenvalue weighted by Crippen LogP contribution is -2.02. The van der Waals surface area contributed by atoms with E-state index in [0.29, 0.717) is 35.9 Å². The van der Waals surface area contributed by atoms with Crippen LogP contribution < -0.4 is 10.5 Å². The second-order valence-corrected chi connectivity index (χ2v) is 3.80. The Morgan fingerprint density at radius 1 is 1.53 bits per heavy atom. The Hall–Kier alpha value is -2.41. The van der Waals surface area contributed by atoms with Gasteiger partial charge < -0.3 is 14.9 Å². The van der Waals surface area contributed by atoms with E-state index in [1.165, 1.54) is 19.2 Å². The number of nitro groups is 1. The van der Waals surface area contributed by atoms with Gasteiger partial charge in [0.15, 0.2) is 11.7 Å². The van der Waals surface area contributed by atoms with Gasteiger partial charge >= 0.3 is 0 Å². The van der Waals surface area contributed by atoms with E-state index in [1.54, 1.807) is 12.3 Å². The summed E-state index contributed by atoms with van der Waals surface area (Å²) in [5, 5.41) is 10.7. The highest BCUT2D eigenvalue weighted by atomic mass is 16.6. The Bertz CT molecular complexity index is 594. The Morgan fingerprint density at radius 2 is 2.32 bits per heavy atom. The molecule has 2 rings (SSSR count). The Morgan fingerprint density at radius 3 is 2.95 bits per heavy atom. The largest absolute Gasteiger partial charge is 0.496 e. The monoisotopic (exact) mass is 263 g/mol. The van der Waals surface area contributed by atoms with Crippen LogP contribution in [0.4, 0.5) is 5.69 Å². The number of methoxy groups -OCH3 is 1. The summed E-state index contributed by atoms with van der Waals surface area (Å²) in [6, 6.07) is 4.31. The van der Waals surface area contributed by atoms with Crippen LogP contribution in [-0.2, 0) is 6.42 Å². The number of nitrogens with two attached hydrogens (primary N) is 1. The molecule has 1 heterocycles. The first-order valence-corrected chi connectivity index (χ1v) is 5.63. The molecule has 7 heteroatoms. The molecule has 0 fully saturated rings. The normalized spacial score (nSPS) is 10.4. The highest BCUT2D eigenvalue weighted by Gasteiger charge is 2.15. The minimum absolute atomic E-state index is 0.0395. The van der Waals surface area contributed by atoms with Gasteiger partial charge in [-0.15, -0.1) is 0 Å². The number of benzene rings is 1. The van der Waals surface area contributed by atoms with Crippen molar-refractivity contribution < 1.29 is 14.1 Å². The molecule has 0 spiro atoms. The first kappa shape index (κ1) is 13.0. The number of rotatable bonds is 5. The first-order valence-electron chi connectivity index (χ1n) is 5.63. The lowest BCUT2D eigenvalue weighted by Gasteiger charge is -2.05. The highest BCUT2D eigenvalue weighted by Crippen LogP contribution is 2.33. The van der Waals surface area contributed by atoms with Crippen molar-refractivity contribution in [1.82, 2.24) is 4.98 Å². The maximum absolute atomic E-state index is 10.7. The van der Waals surface area contributed by atoms with Crippen molar-refractivity contribution in [2.45, 2.75) is 6.42 Å². The molecule has 0 aliphatic rings. The van der Waals surface area contributed by atoms with Crippen LogP contribution in [0.2, 0.25) is 0 Å². The fraction of sp³-hybridized carbons (Fsp3) is 0.250. The van der Waals surface area contributed by atoms with Crippen LogP contribution in [0.1, 0.15) is 5.89 Å². The van der Waals surface area contributed by atoms with E-state index in [4.69, 9.17) is 14.9 Å². The van der Waals surface area contributed by atoms with E-state index in [2.05, 4.69) is 4.98 Å². The third kappa shape index (κ3) is 2.71. The van der Waals surface area contributed by atoms with E-state index in [0.717, 1.165) is 0 Å². The summed E-state index contributed by atoms with van der Waals surface area (Å²) in [5.41, 5.74) is 5.99. The number of nitro benzene ring substituents is 1. The number of aromatic nitrogens is 1. The molecule has 0 aliphatic heterocycles. The molecule has 19 heavy (non-hydrogen) atoms. The van der Waals surface area contributed by atoms with E-state index >= 15 is 0 Å². The predicted molar refractivity (Wildman–Crippen MR) is 67.9 cm³/mol. The van der Waals surface area contributed by atoms with Crippen molar-refractivity contribution in [3.63, 3.8) is 0 Å². The quantitative estimate of drug-likeness (QED) is 0.651. The van der Waals surface area contributed by atoms with Crippen molar-refractivity contribution in [3.05, 3.63) is 40.4 Å². The van der Waals surface area contributed by atoms with E-state index < -0.39 is 4.92 Å². The Labute approximate surface area is 109 Å². The average molecular weight is 263 g/mol. The van der Waals surface area contributed by atoms with E-state index in [1.807, 2.05) is 0 Å². The average Bonchev–Trinajstić information content (AvgIpc) is 2.86. The highest BCUT2D eigenvalue weighted by molar-refractivity contribution is 5.67. The predicted octanol–water partition coefficient (Wildman–Crippen LogP) is 1.76. The van der Waals surface area contributed by atoms with Gasteiger partial charge in [0.05, 0.1) is 29.9 Å². The van der Waals surface area contributed by atoms with Crippen molar-refractivity contribution in [1.29, 1.82) is 0 Å². The summed E-state index contributed by atoms with van der Waals surface area (Å²) in [7, 11) is 1.44. The minimum Gasteiger partial charge on any atom is -0.496 e. The van der Waals surface area contributed by atoms with Crippen molar-refractivity contribution in [2.75, 3.05) is 13.7 Å². The van der Waals surface area contributed by atoms with E-state index in [9.17, 15) is 10.1 Å². The number of non-ortho nitro benzene ring substituents is 1. The maximum Gasteiger partial charge on any atom is 0.273 e. The molecule has 0 atom stereocenters. The molecule has 0 saturated carbocycles. The second kappa shape index (κ2) is 5.49. The van der Waals surface area contributed by atoms with Crippen molar-refractivity contribution in [3.8, 4) is 17.1 Å². The molecule has 2 aromatic rings. The molecule has 0 unspecified atom stereocenters. The molecule has 1 aromatic carbocycles.